The van der Waals surface area contributed by atoms with Gasteiger partial charge in [0, 0.05) is 61.0 Å². The summed E-state index contributed by atoms with van der Waals surface area (Å²) in [7, 11) is 0. The quantitative estimate of drug-likeness (QED) is 0.0280. The van der Waals surface area contributed by atoms with Gasteiger partial charge in [-0.2, -0.15) is 11.8 Å². The molecule has 2 aromatic carbocycles. The number of carbonyl (C=O) groups excluding carboxylic acids is 6. The highest BCUT2D eigenvalue weighted by Gasteiger charge is 2.42. The minimum absolute atomic E-state index is 0.0331. The maximum atomic E-state index is 13.4. The van der Waals surface area contributed by atoms with Crippen molar-refractivity contribution >= 4 is 53.2 Å². The van der Waals surface area contributed by atoms with E-state index in [1.54, 1.807) is 30.6 Å². The molecule has 2 fully saturated rings. The summed E-state index contributed by atoms with van der Waals surface area (Å²) in [5, 5.41) is 9.16. The van der Waals surface area contributed by atoms with E-state index in [9.17, 15) is 28.8 Å². The van der Waals surface area contributed by atoms with E-state index in [0.29, 0.717) is 137 Å². The summed E-state index contributed by atoms with van der Waals surface area (Å²) in [6.07, 6.45) is 2.40. The van der Waals surface area contributed by atoms with Crippen LogP contribution in [-0.2, 0) is 68.4 Å². The molecule has 3 aliphatic heterocycles. The van der Waals surface area contributed by atoms with Crippen molar-refractivity contribution in [1.82, 2.24) is 31.7 Å². The van der Waals surface area contributed by atoms with Gasteiger partial charge in [-0.15, -0.1) is 0 Å². The second-order valence-corrected chi connectivity index (χ2v) is 20.6. The Hall–Kier alpha value is -5.55. The number of rotatable bonds is 38. The highest BCUT2D eigenvalue weighted by molar-refractivity contribution is 8.00. The zero-order valence-corrected chi connectivity index (χ0v) is 46.4. The number of unbranched alkanes of at least 4 members (excludes halogenated alkanes) is 1. The van der Waals surface area contributed by atoms with E-state index in [1.807, 2.05) is 60.3 Å². The van der Waals surface area contributed by atoms with Crippen molar-refractivity contribution in [2.45, 2.75) is 95.2 Å². The second kappa shape index (κ2) is 36.6. The Bertz CT molecular complexity index is 2230. The number of hydrogen-bond donors (Lipinski definition) is 5. The fourth-order valence-electron chi connectivity index (χ4n) is 8.22. The van der Waals surface area contributed by atoms with Crippen molar-refractivity contribution in [1.29, 1.82) is 0 Å². The normalized spacial score (nSPS) is 16.3. The summed E-state index contributed by atoms with van der Waals surface area (Å²) in [6, 6.07) is 15.5. The molecule has 0 radical (unpaired) electrons. The van der Waals surface area contributed by atoms with Crippen LogP contribution in [0.1, 0.15) is 82.4 Å². The molecule has 2 saturated heterocycles. The Morgan fingerprint density at radius 1 is 0.641 bits per heavy atom. The molecule has 78 heavy (non-hydrogen) atoms. The Kier molecular flexibility index (Phi) is 29.7. The van der Waals surface area contributed by atoms with Crippen LogP contribution in [0.15, 0.2) is 48.5 Å². The van der Waals surface area contributed by atoms with Crippen molar-refractivity contribution in [3.05, 3.63) is 65.2 Å². The van der Waals surface area contributed by atoms with Crippen molar-refractivity contribution in [2.24, 2.45) is 0 Å². The topological polar surface area (TPSA) is 252 Å². The predicted molar refractivity (Wildman–Crippen MR) is 292 cm³/mol. The van der Waals surface area contributed by atoms with Gasteiger partial charge in [-0.3, -0.25) is 24.6 Å². The van der Waals surface area contributed by atoms with E-state index in [0.717, 1.165) is 47.4 Å². The number of urea groups is 1. The summed E-state index contributed by atoms with van der Waals surface area (Å²) < 4.78 is 50.0. The maximum Gasteiger partial charge on any atom is 0.426 e. The van der Waals surface area contributed by atoms with Gasteiger partial charge < -0.3 is 68.4 Å². The van der Waals surface area contributed by atoms with E-state index in [1.165, 1.54) is 0 Å². The van der Waals surface area contributed by atoms with Crippen molar-refractivity contribution < 1.29 is 71.4 Å². The van der Waals surface area contributed by atoms with E-state index in [4.69, 9.17) is 42.6 Å². The van der Waals surface area contributed by atoms with Crippen LogP contribution in [0.25, 0.3) is 0 Å². The molecule has 2 aromatic rings. The van der Waals surface area contributed by atoms with Crippen LogP contribution in [0.4, 0.5) is 15.3 Å². The number of nitrogens with one attached hydrogen (secondary N) is 5. The molecular formula is C55H81N7O15S. The third-order valence-electron chi connectivity index (χ3n) is 12.1. The van der Waals surface area contributed by atoms with E-state index in [2.05, 4.69) is 38.6 Å². The number of amides is 7. The smallest absolute Gasteiger partial charge is 0.426 e. The lowest BCUT2D eigenvalue weighted by molar-refractivity contribution is -0.133. The average Bonchev–Trinajstić information content (AvgIpc) is 3.98. The van der Waals surface area contributed by atoms with Crippen LogP contribution in [-0.4, -0.2) is 195 Å². The van der Waals surface area contributed by atoms with Crippen molar-refractivity contribution in [3.8, 4) is 11.8 Å². The van der Waals surface area contributed by atoms with Gasteiger partial charge in [0.1, 0.15) is 5.60 Å². The third-order valence-corrected chi connectivity index (χ3v) is 13.7. The Morgan fingerprint density at radius 2 is 1.21 bits per heavy atom. The molecule has 0 spiro atoms. The molecule has 0 saturated carbocycles. The Labute approximate surface area is 463 Å². The van der Waals surface area contributed by atoms with Crippen LogP contribution in [0.5, 0.6) is 0 Å². The molecule has 3 aliphatic rings. The van der Waals surface area contributed by atoms with Crippen LogP contribution in [0.3, 0.4) is 0 Å². The number of hydrogen-bond acceptors (Lipinski definition) is 16. The number of carbonyl (C=O) groups is 6. The van der Waals surface area contributed by atoms with Crippen LogP contribution in [0.2, 0.25) is 0 Å². The number of fused-ring (bicyclic) bond motifs is 3. The van der Waals surface area contributed by atoms with E-state index >= 15 is 0 Å². The lowest BCUT2D eigenvalue weighted by atomic mass is 10.0. The second-order valence-electron chi connectivity index (χ2n) is 19.3. The average molecular weight is 1110 g/mol. The Morgan fingerprint density at radius 3 is 1.85 bits per heavy atom. The SMILES string of the molecule is CC(C)(C)OC(=O)NNC(=O)CCOCCOCCOCCOCCN(CCOCCOCCOCCOCCNC(=O)CCC(=O)N1Cc2ccccc2C#Cc2ccccc21)C(=O)CCCCC1SCC2NC(=O)NC21. The van der Waals surface area contributed by atoms with Gasteiger partial charge >= 0.3 is 12.1 Å². The number of ether oxygens (including phenoxy) is 9. The lowest BCUT2D eigenvalue weighted by Crippen LogP contribution is -2.44. The van der Waals surface area contributed by atoms with Crippen molar-refractivity contribution in [2.75, 3.05) is 136 Å². The molecule has 0 aliphatic carbocycles. The molecule has 23 heteroatoms. The highest BCUT2D eigenvalue weighted by Crippen LogP contribution is 2.33. The fourth-order valence-corrected chi connectivity index (χ4v) is 9.77. The van der Waals surface area contributed by atoms with Gasteiger partial charge in [0.15, 0.2) is 0 Å². The molecule has 7 amide bonds. The van der Waals surface area contributed by atoms with E-state index < -0.39 is 17.6 Å². The first-order chi connectivity index (χ1) is 37.9. The maximum absolute atomic E-state index is 13.4. The number of para-hydroxylation sites is 1. The fraction of sp³-hybridized carbons (Fsp3) is 0.636. The molecule has 5 N–H and O–H groups in total. The lowest BCUT2D eigenvalue weighted by Gasteiger charge is -2.26. The van der Waals surface area contributed by atoms with Gasteiger partial charge in [0.05, 0.1) is 136 Å². The number of hydrazine groups is 1. The number of thioether (sulfide) groups is 1. The summed E-state index contributed by atoms with van der Waals surface area (Å²) in [6.45, 7) is 12.0. The largest absolute Gasteiger partial charge is 0.443 e. The van der Waals surface area contributed by atoms with Gasteiger partial charge in [-0.1, -0.05) is 48.6 Å². The van der Waals surface area contributed by atoms with Gasteiger partial charge in [-0.05, 0) is 57.4 Å². The molecule has 3 atom stereocenters. The van der Waals surface area contributed by atoms with Gasteiger partial charge in [0.25, 0.3) is 0 Å². The molecule has 0 bridgehead atoms. The first-order valence-corrected chi connectivity index (χ1v) is 28.0. The van der Waals surface area contributed by atoms with Crippen LogP contribution >= 0.6 is 11.8 Å². The first-order valence-electron chi connectivity index (χ1n) is 27.0. The molecule has 5 rings (SSSR count). The minimum atomic E-state index is -0.746. The Balaban J connectivity index is 0.842. The number of benzene rings is 2. The first kappa shape index (κ1) is 63.3. The summed E-state index contributed by atoms with van der Waals surface area (Å²) in [5.41, 5.74) is 7.12. The van der Waals surface area contributed by atoms with Gasteiger partial charge in [0.2, 0.25) is 23.6 Å². The van der Waals surface area contributed by atoms with Crippen LogP contribution < -0.4 is 31.7 Å². The predicted octanol–water partition coefficient (Wildman–Crippen LogP) is 3.46. The summed E-state index contributed by atoms with van der Waals surface area (Å²) in [4.78, 5) is 78.0. The zero-order chi connectivity index (χ0) is 55.6. The van der Waals surface area contributed by atoms with Crippen molar-refractivity contribution in [3.63, 3.8) is 0 Å². The van der Waals surface area contributed by atoms with E-state index in [-0.39, 0.29) is 61.7 Å². The highest BCUT2D eigenvalue weighted by atomic mass is 32.2. The monoisotopic (exact) mass is 1110 g/mol. The van der Waals surface area contributed by atoms with Gasteiger partial charge in [-0.25, -0.2) is 15.0 Å². The molecule has 0 aromatic heterocycles. The molecule has 3 unspecified atom stereocenters. The summed E-state index contributed by atoms with van der Waals surface area (Å²) in [5.74, 6) is 6.55. The summed E-state index contributed by atoms with van der Waals surface area (Å²) >= 11 is 1.87. The van der Waals surface area contributed by atoms with Crippen LogP contribution in [0, 0.1) is 11.8 Å². The third kappa shape index (κ3) is 25.5. The molecule has 22 nitrogen and oxygen atoms in total. The number of anilines is 1. The molecule has 432 valence electrons. The number of nitrogens with zero attached hydrogens (tertiary/aromatic N) is 2. The minimum Gasteiger partial charge on any atom is -0.443 e. The zero-order valence-electron chi connectivity index (χ0n) is 45.6. The standard InChI is InChI=1S/C55H81N7O15S/c1-55(2,3)77-54(68)60-59-49(64)20-24-69-28-32-73-36-38-75-34-30-71-26-22-61(50(65)15-9-8-14-47-52-45(41-78-47)57-53(67)58-52)23-27-72-31-35-76-39-37-74-33-29-70-25-21-56-48(63)18-19-51(66)62-40-44-12-5-4-10-42(44)16-17-43-11-6-7-13-46(43)62/h4-7,10-13,45,47,52H,8-9,14-15,18-41H2,1-3H3,(H,56,63)(H,59,64)(H,60,68)(H2,57,58,67). The molecular weight excluding hydrogens is 1030 g/mol. The molecule has 3 heterocycles.